The molecule has 0 aliphatic carbocycles. The van der Waals surface area contributed by atoms with Gasteiger partial charge in [0.25, 0.3) is 0 Å². The molecule has 0 aromatic heterocycles. The lowest BCUT2D eigenvalue weighted by atomic mass is 9.90. The highest BCUT2D eigenvalue weighted by atomic mass is 19.3. The van der Waals surface area contributed by atoms with Gasteiger partial charge in [0, 0.05) is 0 Å². The van der Waals surface area contributed by atoms with Gasteiger partial charge in [-0.15, -0.1) is 0 Å². The smallest absolute Gasteiger partial charge is 0.244 e. The molecular weight excluding hydrogens is 150 g/mol. The first kappa shape index (κ1) is 8.91. The highest BCUT2D eigenvalue weighted by Crippen LogP contribution is 2.35. The Kier molecular flexibility index (Phi) is 2.47. The minimum atomic E-state index is -2.25. The van der Waals surface area contributed by atoms with Crippen LogP contribution in [0.4, 0.5) is 8.78 Å². The molecule has 3 heteroatoms. The predicted octanol–water partition coefficient (Wildman–Crippen LogP) is 2.31. The van der Waals surface area contributed by atoms with Crippen molar-refractivity contribution in [3.8, 4) is 0 Å². The van der Waals surface area contributed by atoms with Gasteiger partial charge in [-0.2, -0.15) is 0 Å². The van der Waals surface area contributed by atoms with Crippen molar-refractivity contribution in [1.82, 2.24) is 0 Å². The molecule has 1 heterocycles. The zero-order chi connectivity index (χ0) is 8.59. The second-order valence-electron chi connectivity index (χ2n) is 3.32. The van der Waals surface area contributed by atoms with Gasteiger partial charge >= 0.3 is 0 Å². The maximum absolute atomic E-state index is 12.3. The van der Waals surface area contributed by atoms with Crippen LogP contribution in [-0.4, -0.2) is 18.6 Å². The van der Waals surface area contributed by atoms with Crippen molar-refractivity contribution in [2.75, 3.05) is 0 Å². The molecule has 0 radical (unpaired) electrons. The zero-order valence-electron chi connectivity index (χ0n) is 7.05. The summed E-state index contributed by atoms with van der Waals surface area (Å²) in [5, 5.41) is 0. The molecular formula is C8H14F2O. The Morgan fingerprint density at radius 3 is 1.82 bits per heavy atom. The Morgan fingerprint density at radius 1 is 1.09 bits per heavy atom. The molecule has 1 fully saturated rings. The minimum Gasteiger partial charge on any atom is -0.375 e. The monoisotopic (exact) mass is 164 g/mol. The maximum Gasteiger partial charge on any atom is 0.244 e. The molecule has 0 amide bonds. The highest BCUT2D eigenvalue weighted by molar-refractivity contribution is 4.85. The van der Waals surface area contributed by atoms with E-state index in [9.17, 15) is 8.78 Å². The molecule has 0 aromatic carbocycles. The molecule has 0 aromatic rings. The Hall–Kier alpha value is -0.180. The van der Waals surface area contributed by atoms with E-state index in [4.69, 9.17) is 4.74 Å². The molecule has 0 N–H and O–H groups in total. The van der Waals surface area contributed by atoms with E-state index in [1.165, 1.54) is 0 Å². The SMILES string of the molecule is CC1OC(C)C(C(F)F)C1C. The summed E-state index contributed by atoms with van der Waals surface area (Å²) in [7, 11) is 0. The van der Waals surface area contributed by atoms with Crippen molar-refractivity contribution in [1.29, 1.82) is 0 Å². The first-order valence-electron chi connectivity index (χ1n) is 3.97. The standard InChI is InChI=1S/C8H14F2O/c1-4-5(2)11-6(3)7(4)8(9)10/h4-8H,1-3H3. The van der Waals surface area contributed by atoms with E-state index in [0.717, 1.165) is 0 Å². The predicted molar refractivity (Wildman–Crippen MR) is 38.7 cm³/mol. The fourth-order valence-electron chi connectivity index (χ4n) is 1.73. The molecule has 4 atom stereocenters. The quantitative estimate of drug-likeness (QED) is 0.578. The van der Waals surface area contributed by atoms with Crippen molar-refractivity contribution in [2.24, 2.45) is 11.8 Å². The lowest BCUT2D eigenvalue weighted by Gasteiger charge is -2.16. The second-order valence-corrected chi connectivity index (χ2v) is 3.32. The number of hydrogen-bond acceptors (Lipinski definition) is 1. The molecule has 1 aliphatic rings. The van der Waals surface area contributed by atoms with Crippen molar-refractivity contribution >= 4 is 0 Å². The molecule has 0 bridgehead atoms. The van der Waals surface area contributed by atoms with Crippen LogP contribution in [-0.2, 0) is 4.74 Å². The first-order chi connectivity index (χ1) is 5.04. The highest BCUT2D eigenvalue weighted by Gasteiger charge is 2.42. The molecule has 0 spiro atoms. The number of halogens is 2. The van der Waals surface area contributed by atoms with Crippen LogP contribution < -0.4 is 0 Å². The van der Waals surface area contributed by atoms with Gasteiger partial charge < -0.3 is 4.74 Å². The minimum absolute atomic E-state index is 0.0231. The van der Waals surface area contributed by atoms with Crippen LogP contribution in [0.25, 0.3) is 0 Å². The van der Waals surface area contributed by atoms with Crippen molar-refractivity contribution in [2.45, 2.75) is 39.4 Å². The zero-order valence-corrected chi connectivity index (χ0v) is 7.05. The van der Waals surface area contributed by atoms with Crippen molar-refractivity contribution < 1.29 is 13.5 Å². The summed E-state index contributed by atoms with van der Waals surface area (Å²) in [6.45, 7) is 5.39. The Morgan fingerprint density at radius 2 is 1.64 bits per heavy atom. The lowest BCUT2D eigenvalue weighted by Crippen LogP contribution is -2.24. The van der Waals surface area contributed by atoms with Crippen LogP contribution in [0.2, 0.25) is 0 Å². The van der Waals surface area contributed by atoms with Crippen LogP contribution in [0.3, 0.4) is 0 Å². The first-order valence-corrected chi connectivity index (χ1v) is 3.97. The van der Waals surface area contributed by atoms with E-state index in [0.29, 0.717) is 0 Å². The molecule has 1 nitrogen and oxygen atoms in total. The Balaban J connectivity index is 2.63. The van der Waals surface area contributed by atoms with Gasteiger partial charge in [0.15, 0.2) is 0 Å². The van der Waals surface area contributed by atoms with Gasteiger partial charge in [0.05, 0.1) is 18.1 Å². The van der Waals surface area contributed by atoms with Crippen molar-refractivity contribution in [3.05, 3.63) is 0 Å². The largest absolute Gasteiger partial charge is 0.375 e. The fourth-order valence-corrected chi connectivity index (χ4v) is 1.73. The van der Waals surface area contributed by atoms with Crippen LogP contribution >= 0.6 is 0 Å². The number of rotatable bonds is 1. The molecule has 1 aliphatic heterocycles. The van der Waals surface area contributed by atoms with Gasteiger partial charge in [-0.25, -0.2) is 8.78 Å². The maximum atomic E-state index is 12.3. The molecule has 11 heavy (non-hydrogen) atoms. The van der Waals surface area contributed by atoms with E-state index >= 15 is 0 Å². The van der Waals surface area contributed by atoms with Gasteiger partial charge in [-0.3, -0.25) is 0 Å². The van der Waals surface area contributed by atoms with Crippen LogP contribution in [0.15, 0.2) is 0 Å². The number of alkyl halides is 2. The summed E-state index contributed by atoms with van der Waals surface area (Å²) < 4.78 is 29.9. The summed E-state index contributed by atoms with van der Waals surface area (Å²) in [5.74, 6) is -0.602. The molecule has 1 rings (SSSR count). The topological polar surface area (TPSA) is 9.23 Å². The summed E-state index contributed by atoms with van der Waals surface area (Å²) >= 11 is 0. The lowest BCUT2D eigenvalue weighted by molar-refractivity contribution is 0.00977. The average Bonchev–Trinajstić information content (AvgIpc) is 2.07. The van der Waals surface area contributed by atoms with E-state index in [-0.39, 0.29) is 18.1 Å². The number of ether oxygens (including phenoxy) is 1. The molecule has 1 saturated heterocycles. The second kappa shape index (κ2) is 3.05. The van der Waals surface area contributed by atoms with E-state index in [1.807, 2.05) is 13.8 Å². The summed E-state index contributed by atoms with van der Waals surface area (Å²) in [5.41, 5.74) is 0. The van der Waals surface area contributed by atoms with Crippen LogP contribution in [0.5, 0.6) is 0 Å². The third kappa shape index (κ3) is 1.53. The summed E-state index contributed by atoms with van der Waals surface area (Å²) in [6, 6.07) is 0. The van der Waals surface area contributed by atoms with Gasteiger partial charge in [-0.05, 0) is 19.8 Å². The van der Waals surface area contributed by atoms with Gasteiger partial charge in [0.2, 0.25) is 6.43 Å². The van der Waals surface area contributed by atoms with E-state index < -0.39 is 12.3 Å². The molecule has 0 saturated carbocycles. The fraction of sp³-hybridized carbons (Fsp3) is 1.00. The normalized spacial score (nSPS) is 45.3. The van der Waals surface area contributed by atoms with Gasteiger partial charge in [-0.1, -0.05) is 6.92 Å². The van der Waals surface area contributed by atoms with Crippen molar-refractivity contribution in [3.63, 3.8) is 0 Å². The van der Waals surface area contributed by atoms with Gasteiger partial charge in [0.1, 0.15) is 0 Å². The Labute approximate surface area is 65.7 Å². The van der Waals surface area contributed by atoms with E-state index in [1.54, 1.807) is 6.92 Å². The molecule has 4 unspecified atom stereocenters. The average molecular weight is 164 g/mol. The third-order valence-electron chi connectivity index (χ3n) is 2.61. The summed E-state index contributed by atoms with van der Waals surface area (Å²) in [6.07, 6.45) is -2.56. The van der Waals surface area contributed by atoms with Crippen LogP contribution in [0, 0.1) is 11.8 Å². The number of hydrogen-bond donors (Lipinski definition) is 0. The van der Waals surface area contributed by atoms with E-state index in [2.05, 4.69) is 0 Å². The summed E-state index contributed by atoms with van der Waals surface area (Å²) in [4.78, 5) is 0. The van der Waals surface area contributed by atoms with Crippen LogP contribution in [0.1, 0.15) is 20.8 Å². The molecule has 66 valence electrons. The third-order valence-corrected chi connectivity index (χ3v) is 2.61. The Bertz CT molecular complexity index is 138.